The lowest BCUT2D eigenvalue weighted by molar-refractivity contribution is 1.27. The molecule has 0 aromatic heterocycles. The first-order valence-corrected chi connectivity index (χ1v) is 11.5. The summed E-state index contributed by atoms with van der Waals surface area (Å²) >= 11 is 0. The summed E-state index contributed by atoms with van der Waals surface area (Å²) in [5, 5.41) is 12.4. The number of anilines is 3. The van der Waals surface area contributed by atoms with Crippen LogP contribution in [0.1, 0.15) is 5.56 Å². The van der Waals surface area contributed by atoms with Crippen molar-refractivity contribution in [2.75, 3.05) is 4.90 Å². The Morgan fingerprint density at radius 2 is 1.46 bits per heavy atom. The van der Waals surface area contributed by atoms with E-state index in [-0.39, 0.29) is 0 Å². The third kappa shape index (κ3) is 2.24. The van der Waals surface area contributed by atoms with Gasteiger partial charge in [0.15, 0.2) is 5.69 Å². The van der Waals surface area contributed by atoms with E-state index in [1.54, 1.807) is 12.1 Å². The van der Waals surface area contributed by atoms with Gasteiger partial charge in [-0.1, -0.05) is 61.6 Å². The van der Waals surface area contributed by atoms with Crippen molar-refractivity contribution in [3.8, 4) is 6.07 Å². The molecule has 1 aliphatic heterocycles. The fourth-order valence-corrected chi connectivity index (χ4v) is 6.78. The van der Waals surface area contributed by atoms with Crippen LogP contribution in [0.3, 0.4) is 0 Å². The van der Waals surface area contributed by atoms with Crippen molar-refractivity contribution < 1.29 is 0 Å². The van der Waals surface area contributed by atoms with Crippen molar-refractivity contribution in [3.63, 3.8) is 0 Å². The third-order valence-electron chi connectivity index (χ3n) is 5.11. The lowest BCUT2D eigenvalue weighted by atomic mass is 10.1. The van der Waals surface area contributed by atoms with Crippen LogP contribution >= 0.6 is 0 Å². The summed E-state index contributed by atoms with van der Waals surface area (Å²) < 4.78 is 0. The van der Waals surface area contributed by atoms with Gasteiger partial charge in [0, 0.05) is 11.4 Å². The molecular weight excluding hydrogens is 334 g/mol. The molecule has 0 saturated carbocycles. The van der Waals surface area contributed by atoms with Gasteiger partial charge in [0.2, 0.25) is 0 Å². The summed E-state index contributed by atoms with van der Waals surface area (Å²) in [6.07, 6.45) is 0. The summed E-state index contributed by atoms with van der Waals surface area (Å²) in [6, 6.07) is 24.4. The van der Waals surface area contributed by atoms with Crippen LogP contribution in [0, 0.1) is 17.9 Å². The molecule has 3 aromatic carbocycles. The highest BCUT2D eigenvalue weighted by Crippen LogP contribution is 2.40. The van der Waals surface area contributed by atoms with E-state index in [1.807, 2.05) is 18.2 Å². The molecule has 1 heterocycles. The normalized spacial score (nSPS) is 13.9. The zero-order valence-electron chi connectivity index (χ0n) is 14.7. The first-order valence-electron chi connectivity index (χ1n) is 8.48. The number of para-hydroxylation sites is 2. The Morgan fingerprint density at radius 3 is 2.00 bits per heavy atom. The highest BCUT2D eigenvalue weighted by Gasteiger charge is 2.38. The van der Waals surface area contributed by atoms with Crippen LogP contribution in [-0.4, -0.2) is 8.07 Å². The second-order valence-electron chi connectivity index (χ2n) is 6.92. The molecule has 4 rings (SSSR count). The van der Waals surface area contributed by atoms with Gasteiger partial charge in [-0.3, -0.25) is 0 Å². The smallest absolute Gasteiger partial charge is 0.189 e. The van der Waals surface area contributed by atoms with Crippen LogP contribution in [0.5, 0.6) is 0 Å². The number of benzene rings is 3. The molecular formula is C22H17N3Si. The van der Waals surface area contributed by atoms with Gasteiger partial charge in [-0.15, -0.1) is 0 Å². The zero-order chi connectivity index (χ0) is 18.3. The van der Waals surface area contributed by atoms with Gasteiger partial charge >= 0.3 is 0 Å². The minimum atomic E-state index is -1.84. The Kier molecular flexibility index (Phi) is 3.65. The van der Waals surface area contributed by atoms with E-state index >= 15 is 0 Å². The lowest BCUT2D eigenvalue weighted by Crippen LogP contribution is -2.58. The summed E-state index contributed by atoms with van der Waals surface area (Å²) in [7, 11) is -1.84. The molecule has 124 valence electrons. The van der Waals surface area contributed by atoms with Crippen molar-refractivity contribution in [1.82, 2.24) is 0 Å². The van der Waals surface area contributed by atoms with E-state index in [1.165, 1.54) is 10.4 Å². The quantitative estimate of drug-likeness (QED) is 0.469. The van der Waals surface area contributed by atoms with Gasteiger partial charge in [0.25, 0.3) is 0 Å². The second-order valence-corrected chi connectivity index (χ2v) is 11.2. The van der Waals surface area contributed by atoms with Crippen LogP contribution < -0.4 is 15.3 Å². The van der Waals surface area contributed by atoms with Crippen LogP contribution in [-0.2, 0) is 0 Å². The van der Waals surface area contributed by atoms with E-state index in [2.05, 4.69) is 65.3 Å². The molecule has 0 spiro atoms. The van der Waals surface area contributed by atoms with Crippen LogP contribution in [0.4, 0.5) is 22.7 Å². The highest BCUT2D eigenvalue weighted by atomic mass is 28.3. The van der Waals surface area contributed by atoms with E-state index in [0.717, 1.165) is 17.1 Å². The standard InChI is InChI=1S/C22H17N3Si/c1-24-17-13-12-16(15-23)20(14-17)25-18-8-4-6-10-21(18)26(2,3)22-11-7-5-9-19(22)25/h4-14H,2-3H3. The summed E-state index contributed by atoms with van der Waals surface area (Å²) in [5.74, 6) is 0. The Morgan fingerprint density at radius 1 is 0.885 bits per heavy atom. The minimum absolute atomic E-state index is 0.538. The summed E-state index contributed by atoms with van der Waals surface area (Å²) in [6.45, 7) is 12.1. The van der Waals surface area contributed by atoms with Gasteiger partial charge < -0.3 is 4.90 Å². The molecule has 0 saturated heterocycles. The van der Waals surface area contributed by atoms with Gasteiger partial charge in [-0.2, -0.15) is 5.26 Å². The van der Waals surface area contributed by atoms with E-state index in [0.29, 0.717) is 11.3 Å². The molecule has 0 atom stereocenters. The Hall–Kier alpha value is -3.34. The van der Waals surface area contributed by atoms with Gasteiger partial charge in [-0.25, -0.2) is 4.85 Å². The van der Waals surface area contributed by atoms with Gasteiger partial charge in [0.1, 0.15) is 14.1 Å². The van der Waals surface area contributed by atoms with E-state index < -0.39 is 8.07 Å². The van der Waals surface area contributed by atoms with Crippen molar-refractivity contribution in [1.29, 1.82) is 5.26 Å². The Bertz CT molecular complexity index is 1050. The van der Waals surface area contributed by atoms with Crippen LogP contribution in [0.15, 0.2) is 66.7 Å². The van der Waals surface area contributed by atoms with Crippen LogP contribution in [0.2, 0.25) is 13.1 Å². The molecule has 0 fully saturated rings. The molecule has 4 heteroatoms. The molecule has 0 radical (unpaired) electrons. The minimum Gasteiger partial charge on any atom is -0.311 e. The van der Waals surface area contributed by atoms with Crippen molar-refractivity contribution in [3.05, 3.63) is 83.7 Å². The zero-order valence-corrected chi connectivity index (χ0v) is 15.7. The van der Waals surface area contributed by atoms with Crippen molar-refractivity contribution in [2.24, 2.45) is 0 Å². The second kappa shape index (κ2) is 5.88. The maximum absolute atomic E-state index is 9.67. The van der Waals surface area contributed by atoms with Crippen molar-refractivity contribution in [2.45, 2.75) is 13.1 Å². The number of rotatable bonds is 1. The molecule has 1 aliphatic rings. The van der Waals surface area contributed by atoms with Crippen LogP contribution in [0.25, 0.3) is 4.85 Å². The largest absolute Gasteiger partial charge is 0.311 e. The number of hydrogen-bond donors (Lipinski definition) is 0. The fourth-order valence-electron chi connectivity index (χ4n) is 3.80. The highest BCUT2D eigenvalue weighted by molar-refractivity contribution is 7.02. The SMILES string of the molecule is [C-]#[N+]c1ccc(C#N)c(N2c3ccccc3[Si](C)(C)c3ccccc32)c1. The van der Waals surface area contributed by atoms with Gasteiger partial charge in [0.05, 0.1) is 17.8 Å². The fraction of sp³-hybridized carbons (Fsp3) is 0.0909. The summed E-state index contributed by atoms with van der Waals surface area (Å²) in [4.78, 5) is 5.71. The molecule has 0 bridgehead atoms. The first-order chi connectivity index (χ1) is 12.6. The number of fused-ring (bicyclic) bond motifs is 2. The topological polar surface area (TPSA) is 31.4 Å². The third-order valence-corrected chi connectivity index (χ3v) is 8.65. The molecule has 3 nitrogen and oxygen atoms in total. The molecule has 0 N–H and O–H groups in total. The molecule has 3 aromatic rings. The Balaban J connectivity index is 2.09. The molecule has 0 unspecified atom stereocenters. The van der Waals surface area contributed by atoms with E-state index in [9.17, 15) is 5.26 Å². The average Bonchev–Trinajstić information content (AvgIpc) is 2.68. The lowest BCUT2D eigenvalue weighted by Gasteiger charge is -2.41. The molecule has 26 heavy (non-hydrogen) atoms. The summed E-state index contributed by atoms with van der Waals surface area (Å²) in [5.41, 5.74) is 4.10. The number of hydrogen-bond acceptors (Lipinski definition) is 2. The maximum Gasteiger partial charge on any atom is 0.189 e. The Labute approximate surface area is 154 Å². The number of nitrogens with zero attached hydrogens (tertiary/aromatic N) is 3. The number of nitriles is 1. The molecule has 0 amide bonds. The van der Waals surface area contributed by atoms with Gasteiger partial charge in [-0.05, 0) is 28.6 Å². The predicted molar refractivity (Wildman–Crippen MR) is 109 cm³/mol. The van der Waals surface area contributed by atoms with E-state index in [4.69, 9.17) is 6.57 Å². The average molecular weight is 351 g/mol. The first kappa shape index (κ1) is 16.1. The molecule has 0 aliphatic carbocycles. The predicted octanol–water partition coefficient (Wildman–Crippen LogP) is 4.71. The van der Waals surface area contributed by atoms with Crippen molar-refractivity contribution >= 4 is 41.2 Å². The maximum atomic E-state index is 9.67. The monoisotopic (exact) mass is 351 g/mol.